The lowest BCUT2D eigenvalue weighted by Crippen LogP contribution is -2.36. The van der Waals surface area contributed by atoms with E-state index in [0.29, 0.717) is 10.8 Å². The van der Waals surface area contributed by atoms with Crippen LogP contribution in [0.2, 0.25) is 5.02 Å². The highest BCUT2D eigenvalue weighted by Gasteiger charge is 2.24. The molecule has 0 aliphatic heterocycles. The first-order valence-electron chi connectivity index (χ1n) is 5.76. The SMILES string of the molecule is CCOC(=O)CN(c1cc(Cl)ccc1OC)S(C)(=O)=O. The van der Waals surface area contributed by atoms with E-state index in [9.17, 15) is 13.2 Å². The summed E-state index contributed by atoms with van der Waals surface area (Å²) in [7, 11) is -2.29. The Balaban J connectivity index is 3.25. The van der Waals surface area contributed by atoms with Crippen molar-refractivity contribution < 1.29 is 22.7 Å². The van der Waals surface area contributed by atoms with Crippen molar-refractivity contribution in [3.05, 3.63) is 23.2 Å². The summed E-state index contributed by atoms with van der Waals surface area (Å²) in [5.74, 6) is -0.357. The van der Waals surface area contributed by atoms with Crippen LogP contribution in [-0.4, -0.2) is 40.9 Å². The number of methoxy groups -OCH3 is 1. The van der Waals surface area contributed by atoms with Crippen molar-refractivity contribution in [3.63, 3.8) is 0 Å². The number of nitrogens with zero attached hydrogens (tertiary/aromatic N) is 1. The van der Waals surface area contributed by atoms with Gasteiger partial charge in [-0.05, 0) is 25.1 Å². The molecule has 20 heavy (non-hydrogen) atoms. The predicted octanol–water partition coefficient (Wildman–Crippen LogP) is 1.68. The molecule has 1 aromatic rings. The van der Waals surface area contributed by atoms with Gasteiger partial charge < -0.3 is 9.47 Å². The fourth-order valence-electron chi connectivity index (χ4n) is 1.56. The topological polar surface area (TPSA) is 72.9 Å². The second-order valence-corrected chi connectivity index (χ2v) is 6.23. The van der Waals surface area contributed by atoms with Crippen molar-refractivity contribution in [1.82, 2.24) is 0 Å². The van der Waals surface area contributed by atoms with Crippen LogP contribution in [0.25, 0.3) is 0 Å². The van der Waals surface area contributed by atoms with Gasteiger partial charge in [0.15, 0.2) is 0 Å². The number of benzene rings is 1. The van der Waals surface area contributed by atoms with Crippen LogP contribution < -0.4 is 9.04 Å². The van der Waals surface area contributed by atoms with Gasteiger partial charge >= 0.3 is 5.97 Å². The third-order valence-corrected chi connectivity index (χ3v) is 3.75. The van der Waals surface area contributed by atoms with E-state index in [1.54, 1.807) is 13.0 Å². The van der Waals surface area contributed by atoms with Crippen molar-refractivity contribution in [1.29, 1.82) is 0 Å². The van der Waals surface area contributed by atoms with Crippen LogP contribution in [0.3, 0.4) is 0 Å². The summed E-state index contributed by atoms with van der Waals surface area (Å²) in [6.07, 6.45) is 0.993. The highest BCUT2D eigenvalue weighted by atomic mass is 35.5. The van der Waals surface area contributed by atoms with Crippen molar-refractivity contribution in [2.75, 3.05) is 30.8 Å². The zero-order valence-corrected chi connectivity index (χ0v) is 13.0. The highest BCUT2D eigenvalue weighted by Crippen LogP contribution is 2.32. The van der Waals surface area contributed by atoms with E-state index in [1.807, 2.05) is 0 Å². The molecule has 0 bridgehead atoms. The number of esters is 1. The number of halogens is 1. The van der Waals surface area contributed by atoms with Crippen LogP contribution >= 0.6 is 11.6 Å². The standard InChI is InChI=1S/C12H16ClNO5S/c1-4-19-12(15)8-14(20(3,16)17)10-7-9(13)5-6-11(10)18-2/h5-7H,4,8H2,1-3H3. The molecule has 0 amide bonds. The average Bonchev–Trinajstić information content (AvgIpc) is 2.35. The summed E-state index contributed by atoms with van der Waals surface area (Å²) in [6.45, 7) is 1.37. The molecule has 0 heterocycles. The molecule has 0 saturated carbocycles. The molecule has 1 aromatic carbocycles. The van der Waals surface area contributed by atoms with Crippen LogP contribution in [0.4, 0.5) is 5.69 Å². The summed E-state index contributed by atoms with van der Waals surface area (Å²) in [5.41, 5.74) is 0.190. The molecule has 0 aliphatic rings. The molecule has 0 saturated heterocycles. The third-order valence-electron chi connectivity index (χ3n) is 2.39. The monoisotopic (exact) mass is 321 g/mol. The van der Waals surface area contributed by atoms with Gasteiger partial charge in [-0.15, -0.1) is 0 Å². The molecular formula is C12H16ClNO5S. The molecule has 0 N–H and O–H groups in total. The van der Waals surface area contributed by atoms with Crippen LogP contribution in [-0.2, 0) is 19.6 Å². The number of sulfonamides is 1. The second-order valence-electron chi connectivity index (χ2n) is 3.89. The number of rotatable bonds is 6. The van der Waals surface area contributed by atoms with E-state index in [4.69, 9.17) is 21.1 Å². The van der Waals surface area contributed by atoms with Gasteiger partial charge in [0.2, 0.25) is 10.0 Å². The van der Waals surface area contributed by atoms with Crippen LogP contribution in [0.15, 0.2) is 18.2 Å². The molecule has 0 atom stereocenters. The minimum absolute atomic E-state index is 0.170. The molecular weight excluding hydrogens is 306 g/mol. The maximum Gasteiger partial charge on any atom is 0.326 e. The van der Waals surface area contributed by atoms with E-state index in [1.165, 1.54) is 19.2 Å². The summed E-state index contributed by atoms with van der Waals surface area (Å²) in [6, 6.07) is 4.51. The molecule has 0 radical (unpaired) electrons. The molecule has 112 valence electrons. The van der Waals surface area contributed by atoms with E-state index >= 15 is 0 Å². The van der Waals surface area contributed by atoms with Gasteiger partial charge in [0, 0.05) is 5.02 Å². The maximum atomic E-state index is 11.9. The van der Waals surface area contributed by atoms with E-state index in [0.717, 1.165) is 10.6 Å². The van der Waals surface area contributed by atoms with Crippen LogP contribution in [0.5, 0.6) is 5.75 Å². The van der Waals surface area contributed by atoms with E-state index < -0.39 is 22.5 Å². The number of carbonyl (C=O) groups is 1. The Kier molecular flexibility index (Phi) is 5.64. The zero-order valence-electron chi connectivity index (χ0n) is 11.4. The summed E-state index contributed by atoms with van der Waals surface area (Å²) in [5, 5.41) is 0.332. The number of ether oxygens (including phenoxy) is 2. The van der Waals surface area contributed by atoms with E-state index in [-0.39, 0.29) is 12.3 Å². The highest BCUT2D eigenvalue weighted by molar-refractivity contribution is 7.92. The summed E-state index contributed by atoms with van der Waals surface area (Å²) >= 11 is 5.87. The normalized spacial score (nSPS) is 11.0. The lowest BCUT2D eigenvalue weighted by atomic mass is 10.3. The van der Waals surface area contributed by atoms with Gasteiger partial charge in [0.1, 0.15) is 12.3 Å². The first-order valence-corrected chi connectivity index (χ1v) is 7.99. The number of carbonyl (C=O) groups excluding carboxylic acids is 1. The fourth-order valence-corrected chi connectivity index (χ4v) is 2.57. The molecule has 6 nitrogen and oxygen atoms in total. The van der Waals surface area contributed by atoms with Crippen LogP contribution in [0, 0.1) is 0 Å². The fraction of sp³-hybridized carbons (Fsp3) is 0.417. The number of hydrogen-bond acceptors (Lipinski definition) is 5. The van der Waals surface area contributed by atoms with Crippen molar-refractivity contribution >= 4 is 33.3 Å². The van der Waals surface area contributed by atoms with Gasteiger partial charge in [-0.2, -0.15) is 0 Å². The van der Waals surface area contributed by atoms with Gasteiger partial charge in [-0.25, -0.2) is 8.42 Å². The summed E-state index contributed by atoms with van der Waals surface area (Å²) < 4.78 is 34.5. The molecule has 0 unspecified atom stereocenters. The molecule has 0 aromatic heterocycles. The Morgan fingerprint density at radius 3 is 2.55 bits per heavy atom. The average molecular weight is 322 g/mol. The molecule has 8 heteroatoms. The van der Waals surface area contributed by atoms with Crippen molar-refractivity contribution in [2.45, 2.75) is 6.92 Å². The smallest absolute Gasteiger partial charge is 0.326 e. The molecule has 1 rings (SSSR count). The van der Waals surface area contributed by atoms with Crippen molar-refractivity contribution in [3.8, 4) is 5.75 Å². The number of hydrogen-bond donors (Lipinski definition) is 0. The zero-order chi connectivity index (χ0) is 15.3. The number of anilines is 1. The first-order chi connectivity index (χ1) is 9.29. The van der Waals surface area contributed by atoms with Crippen LogP contribution in [0.1, 0.15) is 6.92 Å². The van der Waals surface area contributed by atoms with Gasteiger partial charge in [0.05, 0.1) is 25.7 Å². The Labute approximate surface area is 123 Å². The first kappa shape index (κ1) is 16.6. The molecule has 0 spiro atoms. The van der Waals surface area contributed by atoms with Gasteiger partial charge in [0.25, 0.3) is 0 Å². The van der Waals surface area contributed by atoms with Gasteiger partial charge in [-0.1, -0.05) is 11.6 Å². The van der Waals surface area contributed by atoms with E-state index in [2.05, 4.69) is 0 Å². The lowest BCUT2D eigenvalue weighted by Gasteiger charge is -2.23. The maximum absolute atomic E-state index is 11.9. The lowest BCUT2D eigenvalue weighted by molar-refractivity contribution is -0.141. The van der Waals surface area contributed by atoms with Crippen molar-refractivity contribution in [2.24, 2.45) is 0 Å². The minimum atomic E-state index is -3.69. The quantitative estimate of drug-likeness (QED) is 0.745. The molecule has 0 fully saturated rings. The largest absolute Gasteiger partial charge is 0.495 e. The Morgan fingerprint density at radius 1 is 1.40 bits per heavy atom. The van der Waals surface area contributed by atoms with Gasteiger partial charge in [-0.3, -0.25) is 9.10 Å². The Hall–Kier alpha value is -1.47. The Bertz CT molecular complexity index is 588. The third kappa shape index (κ3) is 4.28. The summed E-state index contributed by atoms with van der Waals surface area (Å²) in [4.78, 5) is 11.6. The Morgan fingerprint density at radius 2 is 2.05 bits per heavy atom. The predicted molar refractivity (Wildman–Crippen MR) is 76.8 cm³/mol. The molecule has 0 aliphatic carbocycles. The minimum Gasteiger partial charge on any atom is -0.495 e. The second kappa shape index (κ2) is 6.81.